The first kappa shape index (κ1) is 26.8. The van der Waals surface area contributed by atoms with E-state index >= 15 is 0 Å². The van der Waals surface area contributed by atoms with E-state index in [9.17, 15) is 4.79 Å². The number of hydrogen-bond acceptors (Lipinski definition) is 5. The minimum Gasteiger partial charge on any atom is -0.369 e. The van der Waals surface area contributed by atoms with Gasteiger partial charge in [0.1, 0.15) is 5.78 Å². The van der Waals surface area contributed by atoms with Gasteiger partial charge in [-0.3, -0.25) is 13.9 Å². The number of carbonyl (C=O) groups excluding carboxylic acids is 1. The maximum atomic E-state index is 12.2. The van der Waals surface area contributed by atoms with Gasteiger partial charge < -0.3 is 10.1 Å². The van der Waals surface area contributed by atoms with Crippen LogP contribution in [0.5, 0.6) is 0 Å². The van der Waals surface area contributed by atoms with E-state index < -0.39 is 10.4 Å². The van der Waals surface area contributed by atoms with E-state index in [2.05, 4.69) is 33.0 Å². The van der Waals surface area contributed by atoms with Crippen LogP contribution in [-0.4, -0.2) is 47.6 Å². The largest absolute Gasteiger partial charge is 0.394 e. The van der Waals surface area contributed by atoms with Crippen LogP contribution in [0.4, 0.5) is 0 Å². The van der Waals surface area contributed by atoms with E-state index in [0.29, 0.717) is 35.2 Å². The molecule has 2 aliphatic heterocycles. The summed E-state index contributed by atoms with van der Waals surface area (Å²) in [7, 11) is -4.67. The number of hydrogen-bond donors (Lipinski definition) is 3. The standard InChI is InChI=1S/C28H43NO2.H2O4S/c1-16-11-25-26(29-15-16)18(3)28(31-25)10-8-21-22-6-5-19-12-20(30)7-9-27(19,4)24(22)13-23(21)17(2)14-28;1-5(2,3)4/h16,18-19,21-22,24-26,29H,5-15H2,1-4H3;(H2,1,2,3,4)/t16-,18+,19-,21-,22-,24-,25+,26-,27-,28-;/m0./s1. The summed E-state index contributed by atoms with van der Waals surface area (Å²) in [6.45, 7) is 11.0. The van der Waals surface area contributed by atoms with Crippen LogP contribution < -0.4 is 5.32 Å². The van der Waals surface area contributed by atoms with Gasteiger partial charge in [0.2, 0.25) is 0 Å². The lowest BCUT2D eigenvalue weighted by Crippen LogP contribution is -2.48. The monoisotopic (exact) mass is 523 g/mol. The summed E-state index contributed by atoms with van der Waals surface area (Å²) in [4.78, 5) is 12.2. The summed E-state index contributed by atoms with van der Waals surface area (Å²) in [6, 6.07) is 0.550. The summed E-state index contributed by atoms with van der Waals surface area (Å²) in [5, 5.41) is 3.85. The molecule has 0 aromatic carbocycles. The summed E-state index contributed by atoms with van der Waals surface area (Å²) >= 11 is 0. The third-order valence-electron chi connectivity index (χ3n) is 11.4. The van der Waals surface area contributed by atoms with Crippen molar-refractivity contribution in [3.8, 4) is 0 Å². The lowest BCUT2D eigenvalue weighted by Gasteiger charge is -2.52. The molecule has 0 bridgehead atoms. The lowest BCUT2D eigenvalue weighted by molar-refractivity contribution is -0.129. The van der Waals surface area contributed by atoms with Crippen LogP contribution in [0, 0.1) is 40.9 Å². The Hall–Kier alpha value is -0.800. The highest BCUT2D eigenvalue weighted by Crippen LogP contribution is 2.65. The average molecular weight is 524 g/mol. The number of piperidine rings is 1. The second-order valence-corrected chi connectivity index (χ2v) is 14.3. The molecule has 0 amide bonds. The zero-order valence-electron chi connectivity index (χ0n) is 22.3. The van der Waals surface area contributed by atoms with Gasteiger partial charge in [0.15, 0.2) is 0 Å². The normalized spacial score (nSPS) is 48.3. The quantitative estimate of drug-likeness (QED) is 0.302. The molecule has 7 nitrogen and oxygen atoms in total. The maximum absolute atomic E-state index is 12.2. The van der Waals surface area contributed by atoms with E-state index in [1.54, 1.807) is 5.57 Å². The maximum Gasteiger partial charge on any atom is 0.394 e. The Bertz CT molecular complexity index is 1020. The third kappa shape index (κ3) is 4.74. The molecular weight excluding hydrogens is 478 g/mol. The van der Waals surface area contributed by atoms with Crippen LogP contribution in [0.2, 0.25) is 0 Å². The molecule has 1 spiro atoms. The van der Waals surface area contributed by atoms with Gasteiger partial charge in [-0.1, -0.05) is 31.9 Å². The fourth-order valence-electron chi connectivity index (χ4n) is 9.61. The molecule has 3 N–H and O–H groups in total. The fourth-order valence-corrected chi connectivity index (χ4v) is 9.61. The topological polar surface area (TPSA) is 113 Å². The molecule has 0 aromatic rings. The molecule has 0 unspecified atom stereocenters. The van der Waals surface area contributed by atoms with Crippen LogP contribution in [0.25, 0.3) is 0 Å². The first-order valence-electron chi connectivity index (χ1n) is 14.1. The first-order chi connectivity index (χ1) is 16.8. The van der Waals surface area contributed by atoms with Crippen molar-refractivity contribution < 1.29 is 27.1 Å². The smallest absolute Gasteiger partial charge is 0.369 e. The molecule has 4 aliphatic carbocycles. The Labute approximate surface area is 216 Å². The highest BCUT2D eigenvalue weighted by Gasteiger charge is 2.59. The Balaban J connectivity index is 0.000000489. The number of carbonyl (C=O) groups is 1. The molecule has 10 atom stereocenters. The van der Waals surface area contributed by atoms with Crippen molar-refractivity contribution in [3.63, 3.8) is 0 Å². The number of Topliss-reactive ketones (excluding diaryl/α,β-unsaturated/α-hetero) is 1. The third-order valence-corrected chi connectivity index (χ3v) is 11.4. The van der Waals surface area contributed by atoms with Crippen molar-refractivity contribution in [1.82, 2.24) is 5.32 Å². The second-order valence-electron chi connectivity index (χ2n) is 13.4. The zero-order chi connectivity index (χ0) is 26.0. The van der Waals surface area contributed by atoms with Gasteiger partial charge in [-0.25, -0.2) is 0 Å². The molecule has 3 saturated carbocycles. The molecule has 2 heterocycles. The van der Waals surface area contributed by atoms with Crippen LogP contribution >= 0.6 is 0 Å². The zero-order valence-corrected chi connectivity index (χ0v) is 23.1. The number of fused-ring (bicyclic) bond motifs is 6. The van der Waals surface area contributed by atoms with Crippen molar-refractivity contribution >= 4 is 16.2 Å². The Morgan fingerprint density at radius 2 is 1.81 bits per heavy atom. The van der Waals surface area contributed by atoms with Crippen molar-refractivity contribution in [2.24, 2.45) is 40.9 Å². The van der Waals surface area contributed by atoms with Crippen molar-refractivity contribution in [1.29, 1.82) is 0 Å². The van der Waals surface area contributed by atoms with Gasteiger partial charge >= 0.3 is 10.4 Å². The van der Waals surface area contributed by atoms with Crippen molar-refractivity contribution in [2.75, 3.05) is 6.54 Å². The van der Waals surface area contributed by atoms with Gasteiger partial charge in [0.05, 0.1) is 11.7 Å². The molecule has 36 heavy (non-hydrogen) atoms. The first-order valence-corrected chi connectivity index (χ1v) is 15.5. The van der Waals surface area contributed by atoms with E-state index in [1.165, 1.54) is 38.5 Å². The predicted molar refractivity (Wildman–Crippen MR) is 138 cm³/mol. The van der Waals surface area contributed by atoms with Gasteiger partial charge in [0, 0.05) is 24.8 Å². The summed E-state index contributed by atoms with van der Waals surface area (Å²) in [6.07, 6.45) is 12.2. The molecule has 0 aromatic heterocycles. The van der Waals surface area contributed by atoms with Crippen LogP contribution in [0.15, 0.2) is 11.1 Å². The highest BCUT2D eigenvalue weighted by molar-refractivity contribution is 7.79. The molecule has 5 fully saturated rings. The molecule has 0 radical (unpaired) electrons. The molecular formula is C28H45NO6S. The molecule has 8 heteroatoms. The summed E-state index contributed by atoms with van der Waals surface area (Å²) in [5.74, 6) is 4.97. The average Bonchev–Trinajstić information content (AvgIpc) is 3.23. The van der Waals surface area contributed by atoms with Crippen molar-refractivity contribution in [2.45, 2.75) is 110 Å². The van der Waals surface area contributed by atoms with Crippen LogP contribution in [0.3, 0.4) is 0 Å². The fraction of sp³-hybridized carbons (Fsp3) is 0.893. The SMILES string of the molecule is CC1=C2C[C@H]3[C@@H](CC[C@H]4CC(=O)CC[C@@]43C)[C@@H]2CC[C@@]2(C1)O[C@@H]1C[C@H](C)CN[C@H]1[C@H]2C.O=S(=O)(O)O. The van der Waals surface area contributed by atoms with Gasteiger partial charge in [-0.2, -0.15) is 8.42 Å². The summed E-state index contributed by atoms with van der Waals surface area (Å²) < 4.78 is 38.6. The van der Waals surface area contributed by atoms with Crippen LogP contribution in [0.1, 0.15) is 91.9 Å². The number of ketones is 1. The van der Waals surface area contributed by atoms with E-state index in [1.807, 2.05) is 5.57 Å². The van der Waals surface area contributed by atoms with E-state index in [0.717, 1.165) is 55.9 Å². The number of ether oxygens (including phenoxy) is 1. The Morgan fingerprint density at radius 3 is 2.53 bits per heavy atom. The number of nitrogens with one attached hydrogen (secondary N) is 1. The Morgan fingerprint density at radius 1 is 1.08 bits per heavy atom. The molecule has 6 rings (SSSR count). The van der Waals surface area contributed by atoms with E-state index in [4.69, 9.17) is 22.3 Å². The second kappa shape index (κ2) is 9.44. The van der Waals surface area contributed by atoms with Gasteiger partial charge in [-0.15, -0.1) is 0 Å². The lowest BCUT2D eigenvalue weighted by atomic mass is 9.52. The number of rotatable bonds is 0. The number of allylic oxidation sites excluding steroid dienone is 1. The van der Waals surface area contributed by atoms with Crippen LogP contribution in [-0.2, 0) is 19.9 Å². The molecule has 2 saturated heterocycles. The predicted octanol–water partition coefficient (Wildman–Crippen LogP) is 5.03. The molecule has 6 aliphatic rings. The molecule has 204 valence electrons. The van der Waals surface area contributed by atoms with Crippen molar-refractivity contribution in [3.05, 3.63) is 11.1 Å². The summed E-state index contributed by atoms with van der Waals surface area (Å²) in [5.41, 5.74) is 3.95. The minimum atomic E-state index is -4.67. The minimum absolute atomic E-state index is 0.0572. The van der Waals surface area contributed by atoms with E-state index in [-0.39, 0.29) is 5.60 Å². The van der Waals surface area contributed by atoms with Gasteiger partial charge in [-0.05, 0) is 99.8 Å². The van der Waals surface area contributed by atoms with Gasteiger partial charge in [0.25, 0.3) is 0 Å². The Kier molecular flexibility index (Phi) is 7.02. The highest BCUT2D eigenvalue weighted by atomic mass is 32.3.